The van der Waals surface area contributed by atoms with E-state index in [0.717, 1.165) is 29.2 Å². The zero-order valence-electron chi connectivity index (χ0n) is 12.9. The molecule has 114 valence electrons. The lowest BCUT2D eigenvalue weighted by molar-refractivity contribution is 0.210. The summed E-state index contributed by atoms with van der Waals surface area (Å²) in [6.07, 6.45) is 4.98. The quantitative estimate of drug-likeness (QED) is 0.882. The molecule has 1 aromatic carbocycles. The molecule has 1 aromatic heterocycles. The molecule has 2 nitrogen and oxygen atoms in total. The van der Waals surface area contributed by atoms with Gasteiger partial charge in [-0.1, -0.05) is 19.8 Å². The van der Waals surface area contributed by atoms with Gasteiger partial charge in [0.1, 0.15) is 17.2 Å². The van der Waals surface area contributed by atoms with Crippen LogP contribution in [0, 0.1) is 17.7 Å². The van der Waals surface area contributed by atoms with E-state index >= 15 is 0 Å². The van der Waals surface area contributed by atoms with Crippen molar-refractivity contribution in [2.45, 2.75) is 38.5 Å². The third-order valence-corrected chi connectivity index (χ3v) is 5.01. The van der Waals surface area contributed by atoms with Gasteiger partial charge in [-0.05, 0) is 62.5 Å². The molecule has 1 aliphatic carbocycles. The first kappa shape index (κ1) is 14.6. The average molecular weight is 289 g/mol. The molecule has 0 saturated heterocycles. The van der Waals surface area contributed by atoms with Crippen molar-refractivity contribution in [3.05, 3.63) is 35.8 Å². The van der Waals surface area contributed by atoms with Gasteiger partial charge >= 0.3 is 0 Å². The number of furan rings is 1. The van der Waals surface area contributed by atoms with Crippen LogP contribution in [0.2, 0.25) is 0 Å². The van der Waals surface area contributed by atoms with E-state index in [9.17, 15) is 4.39 Å². The Labute approximate surface area is 125 Å². The summed E-state index contributed by atoms with van der Waals surface area (Å²) in [5, 5.41) is 4.19. The molecule has 21 heavy (non-hydrogen) atoms. The maximum absolute atomic E-state index is 13.4. The van der Waals surface area contributed by atoms with Crippen molar-refractivity contribution in [2.24, 2.45) is 11.8 Å². The van der Waals surface area contributed by atoms with Crippen LogP contribution in [0.1, 0.15) is 44.3 Å². The van der Waals surface area contributed by atoms with Gasteiger partial charge in [0.2, 0.25) is 0 Å². The van der Waals surface area contributed by atoms with Crippen LogP contribution < -0.4 is 5.32 Å². The van der Waals surface area contributed by atoms with E-state index in [1.807, 2.05) is 13.1 Å². The van der Waals surface area contributed by atoms with Gasteiger partial charge in [-0.2, -0.15) is 0 Å². The number of halogens is 1. The zero-order chi connectivity index (χ0) is 14.8. The molecule has 0 spiro atoms. The number of hydrogen-bond donors (Lipinski definition) is 1. The molecule has 1 N–H and O–H groups in total. The van der Waals surface area contributed by atoms with Gasteiger partial charge in [0.25, 0.3) is 0 Å². The molecule has 0 bridgehead atoms. The van der Waals surface area contributed by atoms with E-state index in [-0.39, 0.29) is 5.82 Å². The highest BCUT2D eigenvalue weighted by Crippen LogP contribution is 2.43. The molecule has 0 aliphatic heterocycles. The van der Waals surface area contributed by atoms with Crippen molar-refractivity contribution in [3.8, 4) is 0 Å². The molecule has 1 heterocycles. The Morgan fingerprint density at radius 3 is 2.90 bits per heavy atom. The average Bonchev–Trinajstić information content (AvgIpc) is 2.90. The van der Waals surface area contributed by atoms with Crippen LogP contribution in [-0.2, 0) is 0 Å². The van der Waals surface area contributed by atoms with Crippen LogP contribution in [0.5, 0.6) is 0 Å². The van der Waals surface area contributed by atoms with Crippen LogP contribution in [0.15, 0.2) is 28.7 Å². The summed E-state index contributed by atoms with van der Waals surface area (Å²) in [6.45, 7) is 3.29. The molecule has 3 heteroatoms. The fourth-order valence-corrected chi connectivity index (χ4v) is 3.76. The van der Waals surface area contributed by atoms with Crippen LogP contribution in [0.4, 0.5) is 4.39 Å². The first-order chi connectivity index (χ1) is 10.2. The molecule has 2 aromatic rings. The molecule has 1 saturated carbocycles. The second-order valence-electron chi connectivity index (χ2n) is 6.34. The molecular weight excluding hydrogens is 265 g/mol. The molecule has 3 rings (SSSR count). The number of hydrogen-bond acceptors (Lipinski definition) is 2. The van der Waals surface area contributed by atoms with E-state index in [1.54, 1.807) is 12.1 Å². The van der Waals surface area contributed by atoms with Crippen molar-refractivity contribution in [1.29, 1.82) is 0 Å². The molecule has 0 amide bonds. The number of nitrogens with one attached hydrogen (secondary N) is 1. The number of benzene rings is 1. The summed E-state index contributed by atoms with van der Waals surface area (Å²) in [6, 6.07) is 6.82. The highest BCUT2D eigenvalue weighted by molar-refractivity contribution is 5.78. The normalized spacial score (nSPS) is 26.3. The Bertz CT molecular complexity index is 606. The molecule has 1 aliphatic rings. The lowest BCUT2D eigenvalue weighted by atomic mass is 9.72. The third kappa shape index (κ3) is 2.98. The topological polar surface area (TPSA) is 25.2 Å². The van der Waals surface area contributed by atoms with Gasteiger partial charge in [-0.3, -0.25) is 0 Å². The second-order valence-corrected chi connectivity index (χ2v) is 6.34. The van der Waals surface area contributed by atoms with Crippen molar-refractivity contribution >= 4 is 11.0 Å². The molecule has 3 atom stereocenters. The summed E-state index contributed by atoms with van der Waals surface area (Å²) < 4.78 is 19.4. The highest BCUT2D eigenvalue weighted by Gasteiger charge is 2.32. The SMILES string of the molecule is CCC1CCC(CNC)C(c2cc3cc(F)ccc3o2)C1. The van der Waals surface area contributed by atoms with Gasteiger partial charge in [-0.25, -0.2) is 4.39 Å². The maximum Gasteiger partial charge on any atom is 0.134 e. The molecule has 0 radical (unpaired) electrons. The van der Waals surface area contributed by atoms with Crippen LogP contribution in [0.25, 0.3) is 11.0 Å². The monoisotopic (exact) mass is 289 g/mol. The van der Waals surface area contributed by atoms with Crippen LogP contribution >= 0.6 is 0 Å². The maximum atomic E-state index is 13.4. The van der Waals surface area contributed by atoms with Crippen LogP contribution in [-0.4, -0.2) is 13.6 Å². The van der Waals surface area contributed by atoms with E-state index < -0.39 is 0 Å². The van der Waals surface area contributed by atoms with E-state index in [4.69, 9.17) is 4.42 Å². The van der Waals surface area contributed by atoms with E-state index in [0.29, 0.717) is 11.8 Å². The molecule has 3 unspecified atom stereocenters. The van der Waals surface area contributed by atoms with Gasteiger partial charge in [0.05, 0.1) is 0 Å². The summed E-state index contributed by atoms with van der Waals surface area (Å²) in [7, 11) is 2.01. The number of rotatable bonds is 4. The summed E-state index contributed by atoms with van der Waals surface area (Å²) >= 11 is 0. The summed E-state index contributed by atoms with van der Waals surface area (Å²) in [5.74, 6) is 2.69. The second kappa shape index (κ2) is 6.18. The van der Waals surface area contributed by atoms with Gasteiger partial charge < -0.3 is 9.73 Å². The Hall–Kier alpha value is -1.35. The zero-order valence-corrected chi connectivity index (χ0v) is 12.9. The highest BCUT2D eigenvalue weighted by atomic mass is 19.1. The number of fused-ring (bicyclic) bond motifs is 1. The fraction of sp³-hybridized carbons (Fsp3) is 0.556. The van der Waals surface area contributed by atoms with E-state index in [1.165, 1.54) is 31.7 Å². The minimum absolute atomic E-state index is 0.197. The minimum atomic E-state index is -0.197. The lowest BCUT2D eigenvalue weighted by Gasteiger charge is -2.34. The van der Waals surface area contributed by atoms with Crippen molar-refractivity contribution < 1.29 is 8.81 Å². The van der Waals surface area contributed by atoms with Crippen molar-refractivity contribution in [1.82, 2.24) is 5.32 Å². The van der Waals surface area contributed by atoms with Gasteiger partial charge in [0.15, 0.2) is 0 Å². The fourth-order valence-electron chi connectivity index (χ4n) is 3.76. The molecule has 1 fully saturated rings. The Balaban J connectivity index is 1.92. The lowest BCUT2D eigenvalue weighted by Crippen LogP contribution is -2.30. The standard InChI is InChI=1S/C18H24FNO/c1-3-12-4-5-13(11-20-2)16(8-12)18-10-14-9-15(19)6-7-17(14)21-18/h6-7,9-10,12-13,16,20H,3-5,8,11H2,1-2H3. The summed E-state index contributed by atoms with van der Waals surface area (Å²) in [5.41, 5.74) is 0.799. The van der Waals surface area contributed by atoms with Gasteiger partial charge in [-0.15, -0.1) is 0 Å². The Morgan fingerprint density at radius 2 is 2.14 bits per heavy atom. The Kier molecular flexibility index (Phi) is 4.29. The predicted molar refractivity (Wildman–Crippen MR) is 84.0 cm³/mol. The first-order valence-electron chi connectivity index (χ1n) is 8.04. The third-order valence-electron chi connectivity index (χ3n) is 5.01. The first-order valence-corrected chi connectivity index (χ1v) is 8.04. The Morgan fingerprint density at radius 1 is 1.29 bits per heavy atom. The minimum Gasteiger partial charge on any atom is -0.461 e. The predicted octanol–water partition coefficient (Wildman–Crippen LogP) is 4.70. The van der Waals surface area contributed by atoms with Crippen molar-refractivity contribution in [3.63, 3.8) is 0 Å². The van der Waals surface area contributed by atoms with E-state index in [2.05, 4.69) is 12.2 Å². The largest absolute Gasteiger partial charge is 0.461 e. The van der Waals surface area contributed by atoms with Gasteiger partial charge in [0, 0.05) is 11.3 Å². The molecular formula is C18H24FNO. The van der Waals surface area contributed by atoms with Crippen molar-refractivity contribution in [2.75, 3.05) is 13.6 Å². The smallest absolute Gasteiger partial charge is 0.134 e. The summed E-state index contributed by atoms with van der Waals surface area (Å²) in [4.78, 5) is 0. The van der Waals surface area contributed by atoms with Crippen LogP contribution in [0.3, 0.4) is 0 Å².